The van der Waals surface area contributed by atoms with E-state index in [2.05, 4.69) is 0 Å². The monoisotopic (exact) mass is 98.1 g/mol. The summed E-state index contributed by atoms with van der Waals surface area (Å²) in [6.45, 7) is 6.23. The predicted octanol–water partition coefficient (Wildman–Crippen LogP) is 1.27. The van der Waals surface area contributed by atoms with Crippen LogP contribution in [0.3, 0.4) is 0 Å². The quantitative estimate of drug-likeness (QED) is 0.480. The van der Waals surface area contributed by atoms with Gasteiger partial charge in [-0.3, -0.25) is 0 Å². The summed E-state index contributed by atoms with van der Waals surface area (Å²) >= 11 is 0. The Morgan fingerprint density at radius 1 is 1.71 bits per heavy atom. The molecule has 1 heteroatoms. The van der Waals surface area contributed by atoms with Gasteiger partial charge in [0, 0.05) is 6.61 Å². The Labute approximate surface area is 44.7 Å². The Hall–Kier alpha value is -0.0400. The molecule has 1 unspecified atom stereocenters. The summed E-state index contributed by atoms with van der Waals surface area (Å²) in [6, 6.07) is 0. The molecule has 0 spiro atoms. The van der Waals surface area contributed by atoms with Gasteiger partial charge in [-0.15, -0.1) is 0 Å². The average Bonchev–Trinajstić information content (AvgIpc) is 2.14. The van der Waals surface area contributed by atoms with Gasteiger partial charge in [0.1, 0.15) is 0 Å². The van der Waals surface area contributed by atoms with E-state index in [1.807, 2.05) is 0 Å². The van der Waals surface area contributed by atoms with E-state index in [1.54, 1.807) is 0 Å². The fourth-order valence-electron chi connectivity index (χ4n) is 0.830. The van der Waals surface area contributed by atoms with Crippen LogP contribution < -0.4 is 0 Å². The predicted molar refractivity (Wildman–Crippen MR) is 27.9 cm³/mol. The van der Waals surface area contributed by atoms with Crippen molar-refractivity contribution >= 4 is 0 Å². The van der Waals surface area contributed by atoms with Crippen LogP contribution in [0, 0.1) is 6.92 Å². The molecular weight excluding hydrogens is 88.1 g/mol. The molecule has 1 nitrogen and oxygen atoms in total. The summed E-state index contributed by atoms with van der Waals surface area (Å²) in [5, 5.41) is 0. The van der Waals surface area contributed by atoms with Gasteiger partial charge in [-0.1, -0.05) is 0 Å². The van der Waals surface area contributed by atoms with Gasteiger partial charge in [0.05, 0.1) is 6.10 Å². The van der Waals surface area contributed by atoms with Crippen LogP contribution in [0.15, 0.2) is 0 Å². The highest BCUT2D eigenvalue weighted by atomic mass is 16.5. The average molecular weight is 98.1 g/mol. The third-order valence-corrected chi connectivity index (χ3v) is 1.29. The first-order chi connectivity index (χ1) is 3.43. The third kappa shape index (κ3) is 1.16. The first-order valence-electron chi connectivity index (χ1n) is 2.75. The molecule has 1 heterocycles. The molecule has 1 aliphatic rings. The van der Waals surface area contributed by atoms with Crippen molar-refractivity contribution in [1.82, 2.24) is 0 Å². The molecule has 0 aliphatic carbocycles. The Balaban J connectivity index is 2.14. The van der Waals surface area contributed by atoms with Crippen molar-refractivity contribution in [1.29, 1.82) is 0 Å². The molecule has 1 fully saturated rings. The lowest BCUT2D eigenvalue weighted by Gasteiger charge is -2.01. The lowest BCUT2D eigenvalue weighted by Crippen LogP contribution is -2.00. The molecule has 0 bridgehead atoms. The van der Waals surface area contributed by atoms with Crippen LogP contribution in [-0.4, -0.2) is 12.7 Å². The summed E-state index contributed by atoms with van der Waals surface area (Å²) in [5.41, 5.74) is 0. The topological polar surface area (TPSA) is 9.23 Å². The van der Waals surface area contributed by atoms with Gasteiger partial charge in [-0.25, -0.2) is 0 Å². The zero-order chi connectivity index (χ0) is 5.11. The summed E-state index contributed by atoms with van der Waals surface area (Å²) < 4.78 is 5.18. The Morgan fingerprint density at radius 3 is 2.86 bits per heavy atom. The van der Waals surface area contributed by atoms with E-state index in [0.717, 1.165) is 13.0 Å². The lowest BCUT2D eigenvalue weighted by atomic mass is 10.2. The SMILES string of the molecule is [CH]CC1CCCO1. The van der Waals surface area contributed by atoms with Crippen molar-refractivity contribution in [2.75, 3.05) is 6.61 Å². The molecule has 0 saturated carbocycles. The van der Waals surface area contributed by atoms with Crippen molar-refractivity contribution in [3.63, 3.8) is 0 Å². The van der Waals surface area contributed by atoms with Crippen molar-refractivity contribution < 1.29 is 4.74 Å². The Morgan fingerprint density at radius 2 is 2.57 bits per heavy atom. The fourth-order valence-corrected chi connectivity index (χ4v) is 0.830. The minimum atomic E-state index is 0.375. The van der Waals surface area contributed by atoms with Crippen LogP contribution in [-0.2, 0) is 4.74 Å². The summed E-state index contributed by atoms with van der Waals surface area (Å²) in [7, 11) is 0. The molecule has 2 radical (unpaired) electrons. The second-order valence-corrected chi connectivity index (χ2v) is 1.87. The second kappa shape index (κ2) is 2.31. The van der Waals surface area contributed by atoms with Crippen LogP contribution in [0.2, 0.25) is 0 Å². The summed E-state index contributed by atoms with van der Waals surface area (Å²) in [4.78, 5) is 0. The van der Waals surface area contributed by atoms with Gasteiger partial charge in [0.2, 0.25) is 0 Å². The first-order valence-corrected chi connectivity index (χ1v) is 2.75. The van der Waals surface area contributed by atoms with Crippen LogP contribution >= 0.6 is 0 Å². The summed E-state index contributed by atoms with van der Waals surface area (Å²) in [6.07, 6.45) is 3.43. The molecular formula is C6H10O. The maximum absolute atomic E-state index is 5.31. The zero-order valence-electron chi connectivity index (χ0n) is 4.39. The van der Waals surface area contributed by atoms with Gasteiger partial charge in [0.15, 0.2) is 0 Å². The van der Waals surface area contributed by atoms with Gasteiger partial charge in [-0.2, -0.15) is 0 Å². The molecule has 40 valence electrons. The number of hydrogen-bond acceptors (Lipinski definition) is 1. The van der Waals surface area contributed by atoms with Crippen molar-refractivity contribution in [3.8, 4) is 0 Å². The number of rotatable bonds is 1. The van der Waals surface area contributed by atoms with E-state index in [9.17, 15) is 0 Å². The minimum absolute atomic E-state index is 0.375. The maximum atomic E-state index is 5.31. The second-order valence-electron chi connectivity index (χ2n) is 1.87. The molecule has 0 aromatic rings. The van der Waals surface area contributed by atoms with Gasteiger partial charge < -0.3 is 4.74 Å². The van der Waals surface area contributed by atoms with E-state index >= 15 is 0 Å². The third-order valence-electron chi connectivity index (χ3n) is 1.29. The fraction of sp³-hybridized carbons (Fsp3) is 0.833. The summed E-state index contributed by atoms with van der Waals surface area (Å²) in [5.74, 6) is 0. The smallest absolute Gasteiger partial charge is 0.0578 e. The lowest BCUT2D eigenvalue weighted by molar-refractivity contribution is 0.113. The van der Waals surface area contributed by atoms with Crippen molar-refractivity contribution in [2.45, 2.75) is 25.4 Å². The van der Waals surface area contributed by atoms with Crippen LogP contribution in [0.4, 0.5) is 0 Å². The molecule has 7 heavy (non-hydrogen) atoms. The van der Waals surface area contributed by atoms with Gasteiger partial charge in [-0.05, 0) is 26.2 Å². The highest BCUT2D eigenvalue weighted by Gasteiger charge is 2.11. The highest BCUT2D eigenvalue weighted by molar-refractivity contribution is 4.64. The number of ether oxygens (including phenoxy) is 1. The van der Waals surface area contributed by atoms with E-state index in [0.29, 0.717) is 12.5 Å². The van der Waals surface area contributed by atoms with Crippen LogP contribution in [0.1, 0.15) is 19.3 Å². The van der Waals surface area contributed by atoms with Crippen molar-refractivity contribution in [3.05, 3.63) is 6.92 Å². The van der Waals surface area contributed by atoms with E-state index in [4.69, 9.17) is 11.7 Å². The van der Waals surface area contributed by atoms with Crippen molar-refractivity contribution in [2.24, 2.45) is 0 Å². The molecule has 1 atom stereocenters. The molecule has 0 aromatic carbocycles. The highest BCUT2D eigenvalue weighted by Crippen LogP contribution is 2.13. The minimum Gasteiger partial charge on any atom is -0.378 e. The Kier molecular flexibility index (Phi) is 1.69. The standard InChI is InChI=1S/C6H10O/c1-2-6-4-3-5-7-6/h1,6H,2-5H2. The van der Waals surface area contributed by atoms with Gasteiger partial charge >= 0.3 is 0 Å². The molecule has 1 saturated heterocycles. The Bertz CT molecular complexity index is 46.1. The van der Waals surface area contributed by atoms with Gasteiger partial charge in [0.25, 0.3) is 0 Å². The van der Waals surface area contributed by atoms with E-state index < -0.39 is 0 Å². The van der Waals surface area contributed by atoms with Crippen LogP contribution in [0.25, 0.3) is 0 Å². The molecule has 1 aliphatic heterocycles. The largest absolute Gasteiger partial charge is 0.378 e. The normalized spacial score (nSPS) is 31.3. The molecule has 0 N–H and O–H groups in total. The first kappa shape index (κ1) is 5.10. The molecule has 0 aromatic heterocycles. The maximum Gasteiger partial charge on any atom is 0.0578 e. The molecule has 1 rings (SSSR count). The number of hydrogen-bond donors (Lipinski definition) is 0. The van der Waals surface area contributed by atoms with Crippen LogP contribution in [0.5, 0.6) is 0 Å². The molecule has 0 amide bonds. The van der Waals surface area contributed by atoms with E-state index in [-0.39, 0.29) is 0 Å². The zero-order valence-corrected chi connectivity index (χ0v) is 4.39. The van der Waals surface area contributed by atoms with E-state index in [1.165, 1.54) is 6.42 Å².